The zero-order valence-corrected chi connectivity index (χ0v) is 24.6. The Hall–Kier alpha value is -2.40. The summed E-state index contributed by atoms with van der Waals surface area (Å²) in [4.78, 5) is 27.9. The van der Waals surface area contributed by atoms with Crippen LogP contribution in [0, 0.1) is 0 Å². The fourth-order valence-corrected chi connectivity index (χ4v) is 6.62. The van der Waals surface area contributed by atoms with Crippen LogP contribution in [0.25, 0.3) is 5.76 Å². The second kappa shape index (κ2) is 11.4. The maximum absolute atomic E-state index is 13.4. The molecule has 6 nitrogen and oxygen atoms in total. The molecule has 38 heavy (non-hydrogen) atoms. The molecule has 3 aromatic carbocycles. The summed E-state index contributed by atoms with van der Waals surface area (Å²) in [6.45, 7) is 0. The number of aromatic nitrogens is 2. The van der Waals surface area contributed by atoms with Crippen molar-refractivity contribution in [1.82, 2.24) is 10.2 Å². The van der Waals surface area contributed by atoms with E-state index in [4.69, 9.17) is 34.8 Å². The van der Waals surface area contributed by atoms with Crippen molar-refractivity contribution in [2.45, 2.75) is 16.1 Å². The van der Waals surface area contributed by atoms with E-state index >= 15 is 0 Å². The number of benzene rings is 3. The van der Waals surface area contributed by atoms with Gasteiger partial charge in [0.05, 0.1) is 11.6 Å². The standard InChI is InChI=1S/C26H15BrCl3N3O3S2/c27-15-5-3-14(4-6-15)22(34)20-21(18-10-9-17(29)11-19(18)30)33(24(36)23(20)35)25-31-32-26(38-25)37-12-13-1-7-16(28)8-2-13/h1-11,21,34H,12H2/b22-20-. The minimum absolute atomic E-state index is 0.105. The molecule has 5 rings (SSSR count). The van der Waals surface area contributed by atoms with Gasteiger partial charge in [-0.15, -0.1) is 10.2 Å². The van der Waals surface area contributed by atoms with Crippen molar-refractivity contribution < 1.29 is 14.7 Å². The van der Waals surface area contributed by atoms with Crippen LogP contribution in [0.3, 0.4) is 0 Å². The van der Waals surface area contributed by atoms with Gasteiger partial charge in [-0.25, -0.2) is 0 Å². The third-order valence-electron chi connectivity index (χ3n) is 5.70. The van der Waals surface area contributed by atoms with Gasteiger partial charge in [-0.1, -0.05) is 104 Å². The smallest absolute Gasteiger partial charge is 0.301 e. The SMILES string of the molecule is O=C1C(=O)N(c2nnc(SCc3ccc(Cl)cc3)s2)C(c2ccc(Cl)cc2Cl)/C1=C(/O)c1ccc(Br)cc1. The van der Waals surface area contributed by atoms with Crippen molar-refractivity contribution in [2.75, 3.05) is 4.90 Å². The van der Waals surface area contributed by atoms with Gasteiger partial charge in [-0.05, 0) is 47.5 Å². The quantitative estimate of drug-likeness (QED) is 0.0735. The molecule has 192 valence electrons. The summed E-state index contributed by atoms with van der Waals surface area (Å²) in [6, 6.07) is 17.9. The first-order chi connectivity index (χ1) is 18.2. The predicted molar refractivity (Wildman–Crippen MR) is 156 cm³/mol. The van der Waals surface area contributed by atoms with Crippen molar-refractivity contribution in [3.8, 4) is 0 Å². The minimum atomic E-state index is -1.04. The topological polar surface area (TPSA) is 83.4 Å². The maximum atomic E-state index is 13.4. The summed E-state index contributed by atoms with van der Waals surface area (Å²) in [5.41, 5.74) is 1.73. The number of Topliss-reactive ketones (excluding diaryl/α,β-unsaturated/α-hetero) is 1. The molecule has 12 heteroatoms. The lowest BCUT2D eigenvalue weighted by Crippen LogP contribution is -2.29. The Morgan fingerprint density at radius 1 is 0.974 bits per heavy atom. The van der Waals surface area contributed by atoms with Gasteiger partial charge in [0.15, 0.2) is 4.34 Å². The normalized spacial score (nSPS) is 16.8. The lowest BCUT2D eigenvalue weighted by molar-refractivity contribution is -0.132. The zero-order valence-electron chi connectivity index (χ0n) is 19.1. The van der Waals surface area contributed by atoms with Crippen LogP contribution in [0.4, 0.5) is 5.13 Å². The van der Waals surface area contributed by atoms with Crippen LogP contribution < -0.4 is 4.90 Å². The van der Waals surface area contributed by atoms with E-state index in [1.807, 2.05) is 24.3 Å². The Labute approximate surface area is 249 Å². The number of anilines is 1. The van der Waals surface area contributed by atoms with Crippen LogP contribution in [-0.4, -0.2) is 27.0 Å². The van der Waals surface area contributed by atoms with Crippen molar-refractivity contribution in [3.05, 3.63) is 109 Å². The first kappa shape index (κ1) is 27.2. The highest BCUT2D eigenvalue weighted by Gasteiger charge is 2.49. The number of aliphatic hydroxyl groups excluding tert-OH is 1. The van der Waals surface area contributed by atoms with Crippen molar-refractivity contribution in [3.63, 3.8) is 0 Å². The van der Waals surface area contributed by atoms with Gasteiger partial charge >= 0.3 is 5.91 Å². The third-order valence-corrected chi connectivity index (χ3v) is 9.17. The molecule has 1 aliphatic heterocycles. The van der Waals surface area contributed by atoms with Crippen LogP contribution >= 0.6 is 73.8 Å². The van der Waals surface area contributed by atoms with Gasteiger partial charge in [-0.2, -0.15) is 0 Å². The molecule has 1 fully saturated rings. The van der Waals surface area contributed by atoms with E-state index in [1.54, 1.807) is 36.4 Å². The number of hydrogen-bond donors (Lipinski definition) is 1. The Balaban J connectivity index is 1.56. The van der Waals surface area contributed by atoms with E-state index < -0.39 is 17.7 Å². The molecular formula is C26H15BrCl3N3O3S2. The summed E-state index contributed by atoms with van der Waals surface area (Å²) in [5, 5.41) is 21.1. The number of amides is 1. The third kappa shape index (κ3) is 5.50. The van der Waals surface area contributed by atoms with E-state index in [2.05, 4.69) is 26.1 Å². The molecule has 1 atom stereocenters. The number of carbonyl (C=O) groups is 2. The fourth-order valence-electron chi connectivity index (χ4n) is 3.89. The minimum Gasteiger partial charge on any atom is -0.507 e. The van der Waals surface area contributed by atoms with Gasteiger partial charge in [0, 0.05) is 30.9 Å². The highest BCUT2D eigenvalue weighted by atomic mass is 79.9. The molecule has 1 aromatic heterocycles. The van der Waals surface area contributed by atoms with E-state index in [0.717, 1.165) is 10.0 Å². The van der Waals surface area contributed by atoms with Crippen LogP contribution in [0.15, 0.2) is 81.1 Å². The van der Waals surface area contributed by atoms with Gasteiger partial charge in [0.25, 0.3) is 5.78 Å². The average molecular weight is 668 g/mol. The second-order valence-electron chi connectivity index (χ2n) is 8.11. The first-order valence-electron chi connectivity index (χ1n) is 11.0. The zero-order chi connectivity index (χ0) is 27.0. The van der Waals surface area contributed by atoms with Crippen LogP contribution in [0.5, 0.6) is 0 Å². The fraction of sp³-hybridized carbons (Fsp3) is 0.0769. The molecule has 1 saturated heterocycles. The molecule has 4 aromatic rings. The molecule has 0 spiro atoms. The van der Waals surface area contributed by atoms with E-state index in [9.17, 15) is 14.7 Å². The Bertz CT molecular complexity index is 1580. The van der Waals surface area contributed by atoms with E-state index in [-0.39, 0.29) is 21.5 Å². The van der Waals surface area contributed by atoms with Gasteiger partial charge in [0.1, 0.15) is 5.76 Å². The van der Waals surface area contributed by atoms with Gasteiger partial charge in [-0.3, -0.25) is 14.5 Å². The average Bonchev–Trinajstić information content (AvgIpc) is 3.46. The molecule has 0 aliphatic carbocycles. The van der Waals surface area contributed by atoms with Crippen molar-refractivity contribution in [1.29, 1.82) is 0 Å². The Morgan fingerprint density at radius 2 is 1.66 bits per heavy atom. The van der Waals surface area contributed by atoms with Crippen molar-refractivity contribution >= 4 is 96.4 Å². The highest BCUT2D eigenvalue weighted by molar-refractivity contribution is 9.10. The summed E-state index contributed by atoms with van der Waals surface area (Å²) in [7, 11) is 0. The first-order valence-corrected chi connectivity index (χ1v) is 14.7. The number of hydrogen-bond acceptors (Lipinski definition) is 7. The molecular weight excluding hydrogens is 653 g/mol. The van der Waals surface area contributed by atoms with Crippen LogP contribution in [0.1, 0.15) is 22.7 Å². The van der Waals surface area contributed by atoms with E-state index in [0.29, 0.717) is 31.3 Å². The molecule has 1 unspecified atom stereocenters. The summed E-state index contributed by atoms with van der Waals surface area (Å²) in [5.74, 6) is -1.41. The number of aliphatic hydroxyl groups is 1. The highest BCUT2D eigenvalue weighted by Crippen LogP contribution is 2.46. The molecule has 0 saturated carbocycles. The van der Waals surface area contributed by atoms with Crippen LogP contribution in [0.2, 0.25) is 15.1 Å². The monoisotopic (exact) mass is 665 g/mol. The summed E-state index contributed by atoms with van der Waals surface area (Å²) >= 11 is 24.6. The predicted octanol–water partition coefficient (Wildman–Crippen LogP) is 8.18. The maximum Gasteiger partial charge on any atom is 0.301 e. The number of ketones is 1. The Morgan fingerprint density at radius 3 is 2.34 bits per heavy atom. The molecule has 0 bridgehead atoms. The Kier molecular flexibility index (Phi) is 8.14. The molecule has 0 radical (unpaired) electrons. The number of halogens is 4. The molecule has 1 N–H and O–H groups in total. The second-order valence-corrected chi connectivity index (χ2v) is 12.5. The number of rotatable bonds is 6. The van der Waals surface area contributed by atoms with Gasteiger partial charge in [0.2, 0.25) is 5.13 Å². The van der Waals surface area contributed by atoms with E-state index in [1.165, 1.54) is 34.1 Å². The molecule has 1 amide bonds. The number of carbonyl (C=O) groups excluding carboxylic acids is 2. The van der Waals surface area contributed by atoms with Crippen LogP contribution in [-0.2, 0) is 15.3 Å². The van der Waals surface area contributed by atoms with Crippen molar-refractivity contribution in [2.24, 2.45) is 0 Å². The number of thioether (sulfide) groups is 1. The summed E-state index contributed by atoms with van der Waals surface area (Å²) < 4.78 is 1.40. The summed E-state index contributed by atoms with van der Waals surface area (Å²) in [6.07, 6.45) is 0. The van der Waals surface area contributed by atoms with Gasteiger partial charge < -0.3 is 5.11 Å². The largest absolute Gasteiger partial charge is 0.507 e. The molecule has 1 aliphatic rings. The lowest BCUT2D eigenvalue weighted by Gasteiger charge is -2.23. The molecule has 2 heterocycles. The number of nitrogens with zero attached hydrogens (tertiary/aromatic N) is 3. The lowest BCUT2D eigenvalue weighted by atomic mass is 9.95.